The summed E-state index contributed by atoms with van der Waals surface area (Å²) in [6.07, 6.45) is 21.1. The van der Waals surface area contributed by atoms with Crippen LogP contribution in [0.1, 0.15) is 109 Å². The number of allylic oxidation sites excluding steroid dienone is 1. The fourth-order valence-corrected chi connectivity index (χ4v) is 6.06. The molecule has 2 fully saturated rings. The standard InChI is InChI=1S/C30H45F3O/c1-2-3-4-5-6-7-8-24-11-17-27(18-12-24)28-19-13-25(14-20-28)9-10-26-15-21-29(22-16-26)34-23-30(31,32)33/h9-10,15-16,21-22,24-25,27-28H,2-8,11-14,17-20,23H2,1H3. The molecule has 2 saturated carbocycles. The summed E-state index contributed by atoms with van der Waals surface area (Å²) in [7, 11) is 0. The molecule has 0 aliphatic heterocycles. The monoisotopic (exact) mass is 478 g/mol. The molecular formula is C30H45F3O. The second kappa shape index (κ2) is 14.2. The third-order valence-electron chi connectivity index (χ3n) is 8.18. The van der Waals surface area contributed by atoms with Crippen molar-refractivity contribution in [2.24, 2.45) is 23.7 Å². The average Bonchev–Trinajstić information content (AvgIpc) is 2.84. The van der Waals surface area contributed by atoms with Crippen LogP contribution in [0.15, 0.2) is 30.3 Å². The van der Waals surface area contributed by atoms with Crippen LogP contribution in [0, 0.1) is 23.7 Å². The first-order chi connectivity index (χ1) is 16.4. The molecule has 192 valence electrons. The Kier molecular flexibility index (Phi) is 11.3. The number of hydrogen-bond acceptors (Lipinski definition) is 1. The predicted molar refractivity (Wildman–Crippen MR) is 136 cm³/mol. The normalized spacial score (nSPS) is 26.1. The Hall–Kier alpha value is -1.45. The molecule has 0 bridgehead atoms. The maximum atomic E-state index is 12.3. The van der Waals surface area contributed by atoms with Crippen LogP contribution < -0.4 is 4.74 Å². The number of alkyl halides is 3. The lowest BCUT2D eigenvalue weighted by Crippen LogP contribution is -2.25. The van der Waals surface area contributed by atoms with Crippen LogP contribution in [-0.4, -0.2) is 12.8 Å². The molecule has 0 aromatic heterocycles. The van der Waals surface area contributed by atoms with Gasteiger partial charge in [-0.3, -0.25) is 0 Å². The summed E-state index contributed by atoms with van der Waals surface area (Å²) in [5, 5.41) is 0. The quantitative estimate of drug-likeness (QED) is 0.272. The van der Waals surface area contributed by atoms with Gasteiger partial charge in [0, 0.05) is 0 Å². The van der Waals surface area contributed by atoms with Gasteiger partial charge < -0.3 is 4.74 Å². The van der Waals surface area contributed by atoms with Crippen molar-refractivity contribution in [1.29, 1.82) is 0 Å². The third kappa shape index (κ3) is 10.0. The Morgan fingerprint density at radius 1 is 0.794 bits per heavy atom. The second-order valence-corrected chi connectivity index (χ2v) is 10.8. The van der Waals surface area contributed by atoms with Crippen molar-refractivity contribution in [3.8, 4) is 5.75 Å². The lowest BCUT2D eigenvalue weighted by molar-refractivity contribution is -0.153. The Balaban J connectivity index is 1.30. The van der Waals surface area contributed by atoms with E-state index in [1.165, 1.54) is 96.3 Å². The van der Waals surface area contributed by atoms with Gasteiger partial charge in [0.1, 0.15) is 5.75 Å². The van der Waals surface area contributed by atoms with E-state index < -0.39 is 12.8 Å². The van der Waals surface area contributed by atoms with Gasteiger partial charge in [-0.15, -0.1) is 0 Å². The summed E-state index contributed by atoms with van der Waals surface area (Å²) >= 11 is 0. The summed E-state index contributed by atoms with van der Waals surface area (Å²) in [4.78, 5) is 0. The van der Waals surface area contributed by atoms with Crippen molar-refractivity contribution in [2.75, 3.05) is 6.61 Å². The number of ether oxygens (including phenoxy) is 1. The molecule has 0 saturated heterocycles. The molecule has 2 aliphatic rings. The molecule has 1 aromatic rings. The minimum absolute atomic E-state index is 0.261. The molecule has 0 heterocycles. The van der Waals surface area contributed by atoms with Crippen molar-refractivity contribution < 1.29 is 17.9 Å². The van der Waals surface area contributed by atoms with Gasteiger partial charge in [-0.05, 0) is 79.9 Å². The summed E-state index contributed by atoms with van der Waals surface area (Å²) in [5.74, 6) is 3.75. The molecule has 0 amide bonds. The first-order valence-electron chi connectivity index (χ1n) is 13.9. The van der Waals surface area contributed by atoms with Crippen molar-refractivity contribution in [3.05, 3.63) is 35.9 Å². The number of rotatable bonds is 12. The first kappa shape index (κ1) is 27.1. The zero-order valence-electron chi connectivity index (χ0n) is 21.1. The zero-order chi connectivity index (χ0) is 24.2. The minimum atomic E-state index is -4.30. The lowest BCUT2D eigenvalue weighted by atomic mass is 9.68. The minimum Gasteiger partial charge on any atom is -0.484 e. The number of halogens is 3. The van der Waals surface area contributed by atoms with Crippen molar-refractivity contribution in [2.45, 2.75) is 109 Å². The van der Waals surface area contributed by atoms with Crippen LogP contribution in [0.5, 0.6) is 5.75 Å². The Morgan fingerprint density at radius 3 is 2.00 bits per heavy atom. The summed E-state index contributed by atoms with van der Waals surface area (Å²) in [6.45, 7) is 1.04. The molecule has 0 N–H and O–H groups in total. The molecule has 1 nitrogen and oxygen atoms in total. The molecule has 4 heteroatoms. The van der Waals surface area contributed by atoms with Crippen molar-refractivity contribution >= 4 is 6.08 Å². The molecular weight excluding hydrogens is 433 g/mol. The topological polar surface area (TPSA) is 9.23 Å². The molecule has 3 rings (SSSR count). The van der Waals surface area contributed by atoms with Gasteiger partial charge in [0.2, 0.25) is 0 Å². The zero-order valence-corrected chi connectivity index (χ0v) is 21.1. The van der Waals surface area contributed by atoms with Crippen LogP contribution in [-0.2, 0) is 0 Å². The van der Waals surface area contributed by atoms with Gasteiger partial charge in [0.05, 0.1) is 0 Å². The van der Waals surface area contributed by atoms with E-state index in [2.05, 4.69) is 19.1 Å². The van der Waals surface area contributed by atoms with Gasteiger partial charge in [-0.2, -0.15) is 13.2 Å². The highest BCUT2D eigenvalue weighted by molar-refractivity contribution is 5.50. The van der Waals surface area contributed by atoms with Crippen molar-refractivity contribution in [1.82, 2.24) is 0 Å². The summed E-state index contributed by atoms with van der Waals surface area (Å²) in [5.41, 5.74) is 1.02. The highest BCUT2D eigenvalue weighted by Crippen LogP contribution is 2.42. The van der Waals surface area contributed by atoms with Gasteiger partial charge in [-0.1, -0.05) is 89.0 Å². The summed E-state index contributed by atoms with van der Waals surface area (Å²) in [6, 6.07) is 6.89. The lowest BCUT2D eigenvalue weighted by Gasteiger charge is -2.37. The highest BCUT2D eigenvalue weighted by atomic mass is 19.4. The smallest absolute Gasteiger partial charge is 0.422 e. The number of unbranched alkanes of at least 4 members (excludes halogenated alkanes) is 5. The van der Waals surface area contributed by atoms with Crippen LogP contribution >= 0.6 is 0 Å². The van der Waals surface area contributed by atoms with E-state index in [-0.39, 0.29) is 5.75 Å². The van der Waals surface area contributed by atoms with Gasteiger partial charge in [0.25, 0.3) is 0 Å². The molecule has 0 atom stereocenters. The molecule has 1 aromatic carbocycles. The number of hydrogen-bond donors (Lipinski definition) is 0. The molecule has 0 radical (unpaired) electrons. The van der Waals surface area contributed by atoms with E-state index in [0.29, 0.717) is 5.92 Å². The van der Waals surface area contributed by atoms with E-state index >= 15 is 0 Å². The first-order valence-corrected chi connectivity index (χ1v) is 13.9. The second-order valence-electron chi connectivity index (χ2n) is 10.8. The van der Waals surface area contributed by atoms with E-state index in [4.69, 9.17) is 4.74 Å². The number of benzene rings is 1. The average molecular weight is 479 g/mol. The van der Waals surface area contributed by atoms with Gasteiger partial charge >= 0.3 is 6.18 Å². The highest BCUT2D eigenvalue weighted by Gasteiger charge is 2.30. The fraction of sp³-hybridized carbons (Fsp3) is 0.733. The van der Waals surface area contributed by atoms with E-state index in [1.54, 1.807) is 12.1 Å². The van der Waals surface area contributed by atoms with E-state index in [0.717, 1.165) is 23.3 Å². The largest absolute Gasteiger partial charge is 0.484 e. The van der Waals surface area contributed by atoms with Crippen LogP contribution in [0.3, 0.4) is 0 Å². The van der Waals surface area contributed by atoms with Gasteiger partial charge in [0.15, 0.2) is 6.61 Å². The van der Waals surface area contributed by atoms with E-state index in [9.17, 15) is 13.2 Å². The van der Waals surface area contributed by atoms with Crippen LogP contribution in [0.4, 0.5) is 13.2 Å². The van der Waals surface area contributed by atoms with Crippen LogP contribution in [0.2, 0.25) is 0 Å². The molecule has 0 spiro atoms. The summed E-state index contributed by atoms with van der Waals surface area (Å²) < 4.78 is 41.6. The molecule has 2 aliphatic carbocycles. The molecule has 34 heavy (non-hydrogen) atoms. The predicted octanol–water partition coefficient (Wildman–Crippen LogP) is 10.0. The van der Waals surface area contributed by atoms with Crippen molar-refractivity contribution in [3.63, 3.8) is 0 Å². The Morgan fingerprint density at radius 2 is 1.38 bits per heavy atom. The maximum absolute atomic E-state index is 12.3. The SMILES string of the molecule is CCCCCCCCC1CCC(C2CCC(C=Cc3ccc(OCC(F)(F)F)cc3)CC2)CC1. The Labute approximate surface area is 205 Å². The maximum Gasteiger partial charge on any atom is 0.422 e. The molecule has 0 unspecified atom stereocenters. The fourth-order valence-electron chi connectivity index (χ4n) is 6.06. The van der Waals surface area contributed by atoms with Crippen LogP contribution in [0.25, 0.3) is 6.08 Å². The van der Waals surface area contributed by atoms with Gasteiger partial charge in [-0.25, -0.2) is 0 Å². The van der Waals surface area contributed by atoms with E-state index in [1.807, 2.05) is 12.1 Å². The third-order valence-corrected chi connectivity index (χ3v) is 8.18. The Bertz CT molecular complexity index is 693.